The highest BCUT2D eigenvalue weighted by Gasteiger charge is 2.08. The zero-order valence-electron chi connectivity index (χ0n) is 8.24. The van der Waals surface area contributed by atoms with E-state index in [1.807, 2.05) is 36.4 Å². The van der Waals surface area contributed by atoms with Crippen LogP contribution < -0.4 is 0 Å². The van der Waals surface area contributed by atoms with E-state index in [-0.39, 0.29) is 5.78 Å². The molecule has 0 atom stereocenters. The Labute approximate surface area is 117 Å². The van der Waals surface area contributed by atoms with Crippen molar-refractivity contribution in [1.29, 1.82) is 0 Å². The van der Waals surface area contributed by atoms with Crippen molar-refractivity contribution in [3.05, 3.63) is 54.7 Å². The second kappa shape index (κ2) is 5.29. The molecule has 1 heterocycles. The Morgan fingerprint density at radius 3 is 2.75 bits per heavy atom. The van der Waals surface area contributed by atoms with Gasteiger partial charge >= 0.3 is 0 Å². The van der Waals surface area contributed by atoms with Crippen molar-refractivity contribution < 1.29 is 4.79 Å². The fourth-order valence-corrected chi connectivity index (χ4v) is 3.00. The van der Waals surface area contributed by atoms with E-state index in [0.29, 0.717) is 6.42 Å². The molecule has 0 fully saturated rings. The molecule has 16 heavy (non-hydrogen) atoms. The maximum absolute atomic E-state index is 11.9. The maximum Gasteiger partial charge on any atom is 0.168 e. The van der Waals surface area contributed by atoms with Crippen LogP contribution in [0.25, 0.3) is 0 Å². The summed E-state index contributed by atoms with van der Waals surface area (Å²) in [5.41, 5.74) is 0.761. The minimum absolute atomic E-state index is 0.136. The van der Waals surface area contributed by atoms with Crippen LogP contribution in [0, 0.1) is 3.57 Å². The van der Waals surface area contributed by atoms with Gasteiger partial charge in [-0.25, -0.2) is 0 Å². The normalized spacial score (nSPS) is 10.4. The molecule has 1 aromatic heterocycles. The van der Waals surface area contributed by atoms with E-state index in [2.05, 4.69) is 22.6 Å². The molecule has 0 aliphatic rings. The van der Waals surface area contributed by atoms with E-state index in [4.69, 9.17) is 11.6 Å². The lowest BCUT2D eigenvalue weighted by molar-refractivity contribution is 0.0994. The molecule has 0 bridgehead atoms. The standard InChI is InChI=1S/C12H8ClIOS/c13-12-5-4-10(16-12)7-11(15)8-2-1-3-9(14)6-8/h1-6H,7H2. The number of carbonyl (C=O) groups is 1. The first-order valence-electron chi connectivity index (χ1n) is 4.68. The molecule has 1 nitrogen and oxygen atoms in total. The van der Waals surface area contributed by atoms with Crippen LogP contribution in [-0.2, 0) is 6.42 Å². The van der Waals surface area contributed by atoms with Crippen LogP contribution in [0.4, 0.5) is 0 Å². The summed E-state index contributed by atoms with van der Waals surface area (Å²) in [5.74, 6) is 0.136. The van der Waals surface area contributed by atoms with E-state index >= 15 is 0 Å². The highest BCUT2D eigenvalue weighted by Crippen LogP contribution is 2.23. The molecule has 2 aromatic rings. The molecular formula is C12H8ClIOS. The van der Waals surface area contributed by atoms with Crippen LogP contribution in [0.5, 0.6) is 0 Å². The van der Waals surface area contributed by atoms with Crippen LogP contribution in [0.3, 0.4) is 0 Å². The Morgan fingerprint density at radius 1 is 1.31 bits per heavy atom. The first-order chi connectivity index (χ1) is 7.65. The van der Waals surface area contributed by atoms with E-state index in [1.54, 1.807) is 0 Å². The highest BCUT2D eigenvalue weighted by atomic mass is 127. The number of ketones is 1. The number of halogens is 2. The molecule has 0 unspecified atom stereocenters. The van der Waals surface area contributed by atoms with Crippen molar-refractivity contribution in [2.24, 2.45) is 0 Å². The lowest BCUT2D eigenvalue weighted by atomic mass is 10.1. The number of Topliss-reactive ketones (excluding diaryl/α,β-unsaturated/α-hetero) is 1. The van der Waals surface area contributed by atoms with Gasteiger partial charge in [-0.1, -0.05) is 23.7 Å². The zero-order chi connectivity index (χ0) is 11.5. The predicted octanol–water partition coefficient (Wildman–Crippen LogP) is 4.43. The van der Waals surface area contributed by atoms with Gasteiger partial charge in [-0.05, 0) is 46.9 Å². The summed E-state index contributed by atoms with van der Waals surface area (Å²) < 4.78 is 1.80. The number of thiophene rings is 1. The molecule has 0 saturated carbocycles. The van der Waals surface area contributed by atoms with Crippen molar-refractivity contribution in [2.75, 3.05) is 0 Å². The third kappa shape index (κ3) is 3.06. The third-order valence-corrected chi connectivity index (χ3v) is 4.01. The fraction of sp³-hybridized carbons (Fsp3) is 0.0833. The van der Waals surface area contributed by atoms with Crippen LogP contribution in [0.2, 0.25) is 4.34 Å². The smallest absolute Gasteiger partial charge is 0.168 e. The van der Waals surface area contributed by atoms with Gasteiger partial charge < -0.3 is 0 Å². The van der Waals surface area contributed by atoms with Crippen LogP contribution in [-0.4, -0.2) is 5.78 Å². The first kappa shape index (κ1) is 12.1. The van der Waals surface area contributed by atoms with Crippen molar-refractivity contribution in [3.8, 4) is 0 Å². The molecule has 0 spiro atoms. The highest BCUT2D eigenvalue weighted by molar-refractivity contribution is 14.1. The monoisotopic (exact) mass is 362 g/mol. The summed E-state index contributed by atoms with van der Waals surface area (Å²) in [7, 11) is 0. The summed E-state index contributed by atoms with van der Waals surface area (Å²) in [5, 5.41) is 0. The first-order valence-corrected chi connectivity index (χ1v) is 6.95. The number of hydrogen-bond acceptors (Lipinski definition) is 2. The molecular weight excluding hydrogens is 355 g/mol. The van der Waals surface area contributed by atoms with Gasteiger partial charge in [0.15, 0.2) is 5.78 Å². The average Bonchev–Trinajstić information content (AvgIpc) is 2.64. The van der Waals surface area contributed by atoms with Crippen LogP contribution in [0.15, 0.2) is 36.4 Å². The Balaban J connectivity index is 2.14. The van der Waals surface area contributed by atoms with Crippen LogP contribution >= 0.6 is 45.5 Å². The predicted molar refractivity (Wildman–Crippen MR) is 76.5 cm³/mol. The minimum Gasteiger partial charge on any atom is -0.294 e. The Morgan fingerprint density at radius 2 is 2.12 bits per heavy atom. The third-order valence-electron chi connectivity index (χ3n) is 2.11. The van der Waals surface area contributed by atoms with E-state index in [1.165, 1.54) is 11.3 Å². The Kier molecular flexibility index (Phi) is 4.00. The molecule has 0 amide bonds. The molecule has 0 aliphatic carbocycles. The van der Waals surface area contributed by atoms with Gasteiger partial charge in [0.2, 0.25) is 0 Å². The van der Waals surface area contributed by atoms with Gasteiger partial charge in [-0.15, -0.1) is 11.3 Å². The minimum atomic E-state index is 0.136. The molecule has 0 saturated heterocycles. The second-order valence-electron chi connectivity index (χ2n) is 3.32. The number of hydrogen-bond donors (Lipinski definition) is 0. The quantitative estimate of drug-likeness (QED) is 0.583. The lowest BCUT2D eigenvalue weighted by Crippen LogP contribution is -2.02. The molecule has 4 heteroatoms. The van der Waals surface area contributed by atoms with Gasteiger partial charge in [0.1, 0.15) is 0 Å². The van der Waals surface area contributed by atoms with Gasteiger partial charge in [0, 0.05) is 20.4 Å². The lowest BCUT2D eigenvalue weighted by Gasteiger charge is -1.99. The number of rotatable bonds is 3. The zero-order valence-corrected chi connectivity index (χ0v) is 12.0. The van der Waals surface area contributed by atoms with E-state index in [0.717, 1.165) is 18.3 Å². The summed E-state index contributed by atoms with van der Waals surface area (Å²) >= 11 is 9.48. The van der Waals surface area contributed by atoms with E-state index < -0.39 is 0 Å². The van der Waals surface area contributed by atoms with Gasteiger partial charge in [-0.3, -0.25) is 4.79 Å². The SMILES string of the molecule is O=C(Cc1ccc(Cl)s1)c1cccc(I)c1. The molecule has 0 aliphatic heterocycles. The van der Waals surface area contributed by atoms with Crippen molar-refractivity contribution in [1.82, 2.24) is 0 Å². The van der Waals surface area contributed by atoms with Crippen molar-refractivity contribution in [3.63, 3.8) is 0 Å². The largest absolute Gasteiger partial charge is 0.294 e. The van der Waals surface area contributed by atoms with Crippen molar-refractivity contribution >= 4 is 51.3 Å². The molecule has 0 N–H and O–H groups in total. The molecule has 2 rings (SSSR count). The number of benzene rings is 1. The maximum atomic E-state index is 11.9. The van der Waals surface area contributed by atoms with Crippen LogP contribution in [0.1, 0.15) is 15.2 Å². The fourth-order valence-electron chi connectivity index (χ4n) is 1.37. The second-order valence-corrected chi connectivity index (χ2v) is 6.36. The van der Waals surface area contributed by atoms with Gasteiger partial charge in [0.25, 0.3) is 0 Å². The summed E-state index contributed by atoms with van der Waals surface area (Å²) in [6.45, 7) is 0. The summed E-state index contributed by atoms with van der Waals surface area (Å²) in [6.07, 6.45) is 0.428. The number of carbonyl (C=O) groups excluding carboxylic acids is 1. The van der Waals surface area contributed by atoms with Gasteiger partial charge in [0.05, 0.1) is 4.34 Å². The Hall–Kier alpha value is -0.390. The Bertz CT molecular complexity index is 521. The van der Waals surface area contributed by atoms with Gasteiger partial charge in [-0.2, -0.15) is 0 Å². The molecule has 82 valence electrons. The topological polar surface area (TPSA) is 17.1 Å². The average molecular weight is 363 g/mol. The summed E-state index contributed by atoms with van der Waals surface area (Å²) in [4.78, 5) is 12.9. The summed E-state index contributed by atoms with van der Waals surface area (Å²) in [6, 6.07) is 11.3. The van der Waals surface area contributed by atoms with E-state index in [9.17, 15) is 4.79 Å². The molecule has 1 aromatic carbocycles. The molecule has 0 radical (unpaired) electrons. The van der Waals surface area contributed by atoms with Crippen molar-refractivity contribution in [2.45, 2.75) is 6.42 Å².